The lowest BCUT2D eigenvalue weighted by molar-refractivity contribution is 0.0939. The van der Waals surface area contributed by atoms with E-state index in [0.29, 0.717) is 35.7 Å². The van der Waals surface area contributed by atoms with Crippen LogP contribution in [0.3, 0.4) is 0 Å². The molecule has 4 aromatic rings. The minimum Gasteiger partial charge on any atom is -0.496 e. The Morgan fingerprint density at radius 3 is 2.26 bits per heavy atom. The fourth-order valence-electron chi connectivity index (χ4n) is 4.16. The van der Waals surface area contributed by atoms with E-state index in [2.05, 4.69) is 20.7 Å². The van der Waals surface area contributed by atoms with Gasteiger partial charge in [-0.1, -0.05) is 36.4 Å². The topological polar surface area (TPSA) is 121 Å². The number of aliphatic hydroxyl groups is 1. The highest BCUT2D eigenvalue weighted by atomic mass is 32.2. The van der Waals surface area contributed by atoms with Crippen LogP contribution < -0.4 is 30.1 Å². The molecule has 0 aromatic heterocycles. The van der Waals surface area contributed by atoms with Gasteiger partial charge < -0.3 is 35.3 Å². The molecule has 0 bridgehead atoms. The molecule has 0 atom stereocenters. The fraction of sp³-hybridized carbons (Fsp3) is 0.188. The van der Waals surface area contributed by atoms with E-state index in [0.717, 1.165) is 27.4 Å². The van der Waals surface area contributed by atoms with Crippen LogP contribution in [-0.2, 0) is 0 Å². The van der Waals surface area contributed by atoms with Crippen LogP contribution in [0.5, 0.6) is 11.5 Å². The molecule has 0 heterocycles. The molecule has 4 aromatic carbocycles. The van der Waals surface area contributed by atoms with Crippen molar-refractivity contribution in [3.8, 4) is 22.6 Å². The monoisotopic (exact) mass is 586 g/mol. The fourth-order valence-corrected chi connectivity index (χ4v) is 4.96. The van der Waals surface area contributed by atoms with Crippen molar-refractivity contribution in [1.29, 1.82) is 0 Å². The van der Waals surface area contributed by atoms with Gasteiger partial charge in [0.25, 0.3) is 11.8 Å². The highest BCUT2D eigenvalue weighted by Crippen LogP contribution is 2.35. The zero-order valence-electron chi connectivity index (χ0n) is 23.5. The van der Waals surface area contributed by atoms with E-state index in [9.17, 15) is 9.59 Å². The van der Waals surface area contributed by atoms with Gasteiger partial charge in [0.05, 0.1) is 31.3 Å². The second-order valence-corrected chi connectivity index (χ2v) is 9.94. The van der Waals surface area contributed by atoms with Crippen molar-refractivity contribution in [2.75, 3.05) is 50.5 Å². The van der Waals surface area contributed by atoms with E-state index in [1.165, 1.54) is 11.9 Å². The van der Waals surface area contributed by atoms with Crippen LogP contribution in [-0.4, -0.2) is 57.4 Å². The highest BCUT2D eigenvalue weighted by Gasteiger charge is 2.12. The van der Waals surface area contributed by atoms with Crippen LogP contribution in [0.25, 0.3) is 11.1 Å². The average Bonchev–Trinajstić information content (AvgIpc) is 3.04. The van der Waals surface area contributed by atoms with E-state index < -0.39 is 0 Å². The largest absolute Gasteiger partial charge is 0.496 e. The Hall–Kier alpha value is -4.67. The van der Waals surface area contributed by atoms with Gasteiger partial charge in [-0.2, -0.15) is 0 Å². The molecule has 0 unspecified atom stereocenters. The molecule has 0 saturated heterocycles. The number of hydrogen-bond donors (Lipinski definition) is 5. The molecule has 0 saturated carbocycles. The number of para-hydroxylation sites is 1. The Bertz CT molecular complexity index is 1510. The number of anilines is 2. The summed E-state index contributed by atoms with van der Waals surface area (Å²) in [7, 11) is 3.17. The van der Waals surface area contributed by atoms with Gasteiger partial charge in [-0.15, -0.1) is 0 Å². The molecule has 9 nitrogen and oxygen atoms in total. The van der Waals surface area contributed by atoms with E-state index in [1.54, 1.807) is 38.5 Å². The van der Waals surface area contributed by atoms with Gasteiger partial charge in [-0.3, -0.25) is 9.59 Å². The predicted octanol–water partition coefficient (Wildman–Crippen LogP) is 5.05. The Morgan fingerprint density at radius 2 is 1.45 bits per heavy atom. The van der Waals surface area contributed by atoms with Gasteiger partial charge >= 0.3 is 0 Å². The predicted molar refractivity (Wildman–Crippen MR) is 168 cm³/mol. The Labute approximate surface area is 249 Å². The third-order valence-corrected chi connectivity index (χ3v) is 7.13. The van der Waals surface area contributed by atoms with Crippen LogP contribution in [0.1, 0.15) is 20.7 Å². The van der Waals surface area contributed by atoms with Gasteiger partial charge in [0.2, 0.25) is 0 Å². The molecule has 42 heavy (non-hydrogen) atoms. The van der Waals surface area contributed by atoms with Crippen molar-refractivity contribution in [2.45, 2.75) is 4.90 Å². The number of nitrogens with one attached hydrogen (secondary N) is 4. The first kappa shape index (κ1) is 30.3. The number of methoxy groups -OCH3 is 2. The number of carbonyl (C=O) groups is 2. The Balaban J connectivity index is 1.36. The summed E-state index contributed by atoms with van der Waals surface area (Å²) in [6, 6.07) is 28.2. The molecule has 218 valence electrons. The first-order chi connectivity index (χ1) is 20.5. The molecule has 5 N–H and O–H groups in total. The summed E-state index contributed by atoms with van der Waals surface area (Å²) in [6.07, 6.45) is 0. The zero-order chi connectivity index (χ0) is 29.7. The molecule has 0 aliphatic rings. The first-order valence-electron chi connectivity index (χ1n) is 13.4. The van der Waals surface area contributed by atoms with Crippen molar-refractivity contribution >= 4 is 35.1 Å². The normalized spacial score (nSPS) is 10.5. The molecular weight excluding hydrogens is 552 g/mol. The quantitative estimate of drug-likeness (QED) is 0.103. The third-order valence-electron chi connectivity index (χ3n) is 6.25. The number of ether oxygens (including phenoxy) is 2. The van der Waals surface area contributed by atoms with Crippen molar-refractivity contribution in [3.63, 3.8) is 0 Å². The van der Waals surface area contributed by atoms with Crippen LogP contribution in [0, 0.1) is 0 Å². The summed E-state index contributed by atoms with van der Waals surface area (Å²) in [4.78, 5) is 25.7. The molecule has 0 fully saturated rings. The number of hydrogen-bond acceptors (Lipinski definition) is 8. The molecule has 0 spiro atoms. The molecule has 0 aliphatic heterocycles. The van der Waals surface area contributed by atoms with E-state index >= 15 is 0 Å². The molecule has 4 rings (SSSR count). The van der Waals surface area contributed by atoms with E-state index in [-0.39, 0.29) is 25.0 Å². The summed E-state index contributed by atoms with van der Waals surface area (Å²) >= 11 is 1.42. The zero-order valence-corrected chi connectivity index (χ0v) is 24.3. The number of carbonyl (C=O) groups excluding carboxylic acids is 2. The lowest BCUT2D eigenvalue weighted by Gasteiger charge is -2.14. The van der Waals surface area contributed by atoms with Gasteiger partial charge in [0.15, 0.2) is 0 Å². The summed E-state index contributed by atoms with van der Waals surface area (Å²) < 4.78 is 14.2. The van der Waals surface area contributed by atoms with Crippen molar-refractivity contribution < 1.29 is 24.2 Å². The first-order valence-corrected chi connectivity index (χ1v) is 14.2. The molecule has 2 amide bonds. The highest BCUT2D eigenvalue weighted by molar-refractivity contribution is 8.00. The second-order valence-electron chi connectivity index (χ2n) is 9.09. The van der Waals surface area contributed by atoms with Crippen molar-refractivity contribution in [3.05, 3.63) is 102 Å². The van der Waals surface area contributed by atoms with Crippen LogP contribution >= 0.6 is 11.9 Å². The number of rotatable bonds is 14. The van der Waals surface area contributed by atoms with Gasteiger partial charge in [-0.25, -0.2) is 0 Å². The molecule has 10 heteroatoms. The summed E-state index contributed by atoms with van der Waals surface area (Å²) in [6.45, 7) is 1.08. The van der Waals surface area contributed by atoms with Gasteiger partial charge in [-0.05, 0) is 77.7 Å². The van der Waals surface area contributed by atoms with E-state index in [4.69, 9.17) is 14.6 Å². The van der Waals surface area contributed by atoms with Crippen molar-refractivity contribution in [1.82, 2.24) is 10.6 Å². The SMILES string of the molecule is COc1ccc(-c2cccc(C(=O)NCCO)c2)cc1SNc1cccc(NCCNC(=O)c2ccccc2OC)c1. The number of aliphatic hydroxyl groups excluding tert-OH is 1. The van der Waals surface area contributed by atoms with Crippen LogP contribution in [0.4, 0.5) is 11.4 Å². The maximum absolute atomic E-state index is 12.5. The maximum Gasteiger partial charge on any atom is 0.255 e. The number of benzene rings is 4. The molecule has 0 radical (unpaired) electrons. The van der Waals surface area contributed by atoms with E-state index in [1.807, 2.05) is 66.7 Å². The lowest BCUT2D eigenvalue weighted by atomic mass is 10.0. The minimum absolute atomic E-state index is 0.112. The summed E-state index contributed by atoms with van der Waals surface area (Å²) in [5, 5.41) is 17.9. The Kier molecular flexibility index (Phi) is 11.1. The van der Waals surface area contributed by atoms with Gasteiger partial charge in [0.1, 0.15) is 11.5 Å². The van der Waals surface area contributed by atoms with Crippen LogP contribution in [0.15, 0.2) is 95.9 Å². The second kappa shape index (κ2) is 15.4. The Morgan fingerprint density at radius 1 is 0.714 bits per heavy atom. The smallest absolute Gasteiger partial charge is 0.255 e. The minimum atomic E-state index is -0.233. The molecular formula is C32H34N4O5S. The van der Waals surface area contributed by atoms with Crippen LogP contribution in [0.2, 0.25) is 0 Å². The molecule has 0 aliphatic carbocycles. The average molecular weight is 587 g/mol. The maximum atomic E-state index is 12.5. The number of amides is 2. The summed E-state index contributed by atoms with van der Waals surface area (Å²) in [5.41, 5.74) is 4.64. The lowest BCUT2D eigenvalue weighted by Crippen LogP contribution is -2.29. The standard InChI is InChI=1S/C32H34N4O5S/c1-40-28-12-4-3-11-27(28)32(39)34-16-15-33-25-9-6-10-26(21-25)36-42-30-20-23(13-14-29(30)41-2)22-7-5-8-24(19-22)31(38)35-17-18-37/h3-14,19-21,33,36-37H,15-18H2,1-2H3,(H,34,39)(H,35,38). The van der Waals surface area contributed by atoms with Gasteiger partial charge in [0, 0.05) is 36.6 Å². The summed E-state index contributed by atoms with van der Waals surface area (Å²) in [5.74, 6) is 0.835. The van der Waals surface area contributed by atoms with Crippen molar-refractivity contribution in [2.24, 2.45) is 0 Å². The third kappa shape index (κ3) is 8.18.